The molecule has 0 saturated carbocycles. The molecular weight excluding hydrogens is 190 g/mol. The van der Waals surface area contributed by atoms with Crippen molar-refractivity contribution in [2.45, 2.75) is 19.4 Å². The van der Waals surface area contributed by atoms with Crippen LogP contribution in [0.2, 0.25) is 0 Å². The fourth-order valence-corrected chi connectivity index (χ4v) is 1.19. The highest BCUT2D eigenvalue weighted by molar-refractivity contribution is 5.26. The van der Waals surface area contributed by atoms with E-state index in [-0.39, 0.29) is 0 Å². The lowest BCUT2D eigenvalue weighted by Gasteiger charge is -2.24. The van der Waals surface area contributed by atoms with Gasteiger partial charge in [-0.1, -0.05) is 18.4 Å². The van der Waals surface area contributed by atoms with Crippen molar-refractivity contribution in [3.8, 4) is 11.8 Å². The molecule has 1 atom stereocenters. The molecule has 1 N–H and O–H groups in total. The van der Waals surface area contributed by atoms with E-state index in [1.165, 1.54) is 0 Å². The van der Waals surface area contributed by atoms with Crippen molar-refractivity contribution >= 4 is 0 Å². The average Bonchev–Trinajstić information content (AvgIpc) is 2.19. The van der Waals surface area contributed by atoms with Gasteiger partial charge in [0.05, 0.1) is 19.8 Å². The van der Waals surface area contributed by atoms with E-state index in [0.29, 0.717) is 12.1 Å². The summed E-state index contributed by atoms with van der Waals surface area (Å²) in [5.41, 5.74) is -0.385. The van der Waals surface area contributed by atoms with Crippen LogP contribution in [0.3, 0.4) is 0 Å². The lowest BCUT2D eigenvalue weighted by atomic mass is 10.00. The Hall–Kier alpha value is -0.820. The molecule has 1 heterocycles. The highest BCUT2D eigenvalue weighted by atomic mass is 16.5. The molecule has 0 radical (unpaired) electrons. The number of ether oxygens (including phenoxy) is 1. The number of morpholine rings is 1. The Kier molecular flexibility index (Phi) is 4.34. The van der Waals surface area contributed by atoms with Crippen LogP contribution in [0.1, 0.15) is 13.8 Å². The van der Waals surface area contributed by atoms with Crippen LogP contribution in [0.25, 0.3) is 0 Å². The first-order chi connectivity index (χ1) is 7.02. The zero-order chi connectivity index (χ0) is 11.3. The number of nitrogens with zero attached hydrogens (tertiary/aromatic N) is 1. The molecule has 1 rings (SSSR count). The molecule has 0 unspecified atom stereocenters. The lowest BCUT2D eigenvalue weighted by Crippen LogP contribution is -2.36. The van der Waals surface area contributed by atoms with Gasteiger partial charge in [-0.2, -0.15) is 0 Å². The first-order valence-corrected chi connectivity index (χ1v) is 5.21. The van der Waals surface area contributed by atoms with E-state index in [1.54, 1.807) is 13.8 Å². The molecular formula is C12H19NO2. The Balaban J connectivity index is 2.41. The Morgan fingerprint density at radius 1 is 1.53 bits per heavy atom. The molecule has 1 saturated heterocycles. The highest BCUT2D eigenvalue weighted by Crippen LogP contribution is 2.11. The zero-order valence-electron chi connectivity index (χ0n) is 9.55. The molecule has 1 fully saturated rings. The largest absolute Gasteiger partial charge is 0.379 e. The van der Waals surface area contributed by atoms with Crippen LogP contribution in [0.15, 0.2) is 12.2 Å². The third kappa shape index (κ3) is 4.05. The Morgan fingerprint density at radius 2 is 2.13 bits per heavy atom. The summed E-state index contributed by atoms with van der Waals surface area (Å²) in [7, 11) is 0. The molecule has 0 spiro atoms. The molecule has 0 aromatic heterocycles. The van der Waals surface area contributed by atoms with Gasteiger partial charge in [0.1, 0.15) is 5.60 Å². The SMILES string of the molecule is C=C(C)[C@](C)(O)C#CCN1CCOCC1. The van der Waals surface area contributed by atoms with Crippen molar-refractivity contribution < 1.29 is 9.84 Å². The summed E-state index contributed by atoms with van der Waals surface area (Å²) < 4.78 is 5.23. The normalized spacial score (nSPS) is 21.3. The van der Waals surface area contributed by atoms with E-state index >= 15 is 0 Å². The fraction of sp³-hybridized carbons (Fsp3) is 0.667. The van der Waals surface area contributed by atoms with E-state index < -0.39 is 5.60 Å². The van der Waals surface area contributed by atoms with Crippen molar-refractivity contribution in [3.63, 3.8) is 0 Å². The third-order valence-corrected chi connectivity index (χ3v) is 2.57. The van der Waals surface area contributed by atoms with Crippen LogP contribution in [0, 0.1) is 11.8 Å². The summed E-state index contributed by atoms with van der Waals surface area (Å²) in [6.07, 6.45) is 0. The van der Waals surface area contributed by atoms with Gasteiger partial charge in [-0.3, -0.25) is 4.90 Å². The van der Waals surface area contributed by atoms with Gasteiger partial charge >= 0.3 is 0 Å². The van der Waals surface area contributed by atoms with Gasteiger partial charge in [-0.25, -0.2) is 0 Å². The summed E-state index contributed by atoms with van der Waals surface area (Å²) in [5, 5.41) is 9.80. The van der Waals surface area contributed by atoms with Crippen molar-refractivity contribution in [2.24, 2.45) is 0 Å². The van der Waals surface area contributed by atoms with Crippen LogP contribution in [-0.2, 0) is 4.74 Å². The molecule has 15 heavy (non-hydrogen) atoms. The van der Waals surface area contributed by atoms with E-state index in [4.69, 9.17) is 4.74 Å². The van der Waals surface area contributed by atoms with Crippen LogP contribution in [0.5, 0.6) is 0 Å². The smallest absolute Gasteiger partial charge is 0.143 e. The quantitative estimate of drug-likeness (QED) is 0.535. The maximum atomic E-state index is 9.80. The minimum Gasteiger partial charge on any atom is -0.379 e. The summed E-state index contributed by atoms with van der Waals surface area (Å²) >= 11 is 0. The molecule has 0 amide bonds. The van der Waals surface area contributed by atoms with Crippen molar-refractivity contribution in [1.29, 1.82) is 0 Å². The van der Waals surface area contributed by atoms with Crippen LogP contribution < -0.4 is 0 Å². The highest BCUT2D eigenvalue weighted by Gasteiger charge is 2.17. The maximum absolute atomic E-state index is 9.80. The fourth-order valence-electron chi connectivity index (χ4n) is 1.19. The molecule has 1 aliphatic rings. The lowest BCUT2D eigenvalue weighted by molar-refractivity contribution is 0.0443. The standard InChI is InChI=1S/C12H19NO2/c1-11(2)12(3,14)5-4-6-13-7-9-15-10-8-13/h14H,1,6-10H2,2-3H3/t12-/m1/s1. The van der Waals surface area contributed by atoms with E-state index in [1.807, 2.05) is 0 Å². The third-order valence-electron chi connectivity index (χ3n) is 2.57. The number of hydrogen-bond donors (Lipinski definition) is 1. The first kappa shape index (κ1) is 12.3. The van der Waals surface area contributed by atoms with E-state index in [9.17, 15) is 5.11 Å². The second-order valence-electron chi connectivity index (χ2n) is 4.04. The molecule has 0 aromatic carbocycles. The maximum Gasteiger partial charge on any atom is 0.143 e. The Morgan fingerprint density at radius 3 is 2.67 bits per heavy atom. The molecule has 0 aliphatic carbocycles. The average molecular weight is 209 g/mol. The van der Waals surface area contributed by atoms with Gasteiger partial charge in [-0.05, 0) is 19.4 Å². The van der Waals surface area contributed by atoms with Crippen LogP contribution >= 0.6 is 0 Å². The van der Waals surface area contributed by atoms with Gasteiger partial charge in [0, 0.05) is 13.1 Å². The van der Waals surface area contributed by atoms with Crippen LogP contribution in [0.4, 0.5) is 0 Å². The summed E-state index contributed by atoms with van der Waals surface area (Å²) in [6.45, 7) is 11.2. The van der Waals surface area contributed by atoms with Gasteiger partial charge in [0.2, 0.25) is 0 Å². The molecule has 0 bridgehead atoms. The van der Waals surface area contributed by atoms with Crippen LogP contribution in [-0.4, -0.2) is 48.5 Å². The molecule has 3 heteroatoms. The predicted octanol–water partition coefficient (Wildman–Crippen LogP) is 0.649. The summed E-state index contributed by atoms with van der Waals surface area (Å²) in [4.78, 5) is 2.21. The molecule has 3 nitrogen and oxygen atoms in total. The molecule has 1 aliphatic heterocycles. The van der Waals surface area contributed by atoms with Crippen molar-refractivity contribution in [2.75, 3.05) is 32.8 Å². The van der Waals surface area contributed by atoms with E-state index in [2.05, 4.69) is 23.3 Å². The van der Waals surface area contributed by atoms with Gasteiger partial charge in [-0.15, -0.1) is 0 Å². The van der Waals surface area contributed by atoms with Crippen molar-refractivity contribution in [1.82, 2.24) is 4.90 Å². The monoisotopic (exact) mass is 209 g/mol. The molecule has 0 aromatic rings. The van der Waals surface area contributed by atoms with E-state index in [0.717, 1.165) is 26.3 Å². The number of hydrogen-bond acceptors (Lipinski definition) is 3. The zero-order valence-corrected chi connectivity index (χ0v) is 9.55. The van der Waals surface area contributed by atoms with Gasteiger partial charge in [0.25, 0.3) is 0 Å². The number of rotatable bonds is 2. The van der Waals surface area contributed by atoms with Crippen molar-refractivity contribution in [3.05, 3.63) is 12.2 Å². The summed E-state index contributed by atoms with van der Waals surface area (Å²) in [5.74, 6) is 5.82. The Labute approximate surface area is 91.7 Å². The molecule has 84 valence electrons. The Bertz CT molecular complexity index is 280. The minimum atomic E-state index is -1.06. The summed E-state index contributed by atoms with van der Waals surface area (Å²) in [6, 6.07) is 0. The number of aliphatic hydroxyl groups is 1. The topological polar surface area (TPSA) is 32.7 Å². The van der Waals surface area contributed by atoms with Gasteiger partial charge < -0.3 is 9.84 Å². The predicted molar refractivity (Wildman–Crippen MR) is 60.5 cm³/mol. The first-order valence-electron chi connectivity index (χ1n) is 5.21. The second-order valence-corrected chi connectivity index (χ2v) is 4.04. The minimum absolute atomic E-state index is 0.678. The second kappa shape index (κ2) is 5.32. The van der Waals surface area contributed by atoms with Gasteiger partial charge in [0.15, 0.2) is 0 Å².